The molecular formula is C26H26ClF3N6O. The van der Waals surface area contributed by atoms with Crippen molar-refractivity contribution in [3.8, 4) is 0 Å². The minimum absolute atomic E-state index is 0.173. The van der Waals surface area contributed by atoms with Crippen LogP contribution in [0.25, 0.3) is 5.78 Å². The summed E-state index contributed by atoms with van der Waals surface area (Å²) >= 11 is 6.10. The molecule has 11 heteroatoms. The van der Waals surface area contributed by atoms with Gasteiger partial charge in [0.2, 0.25) is 5.78 Å². The van der Waals surface area contributed by atoms with Crippen LogP contribution in [0.1, 0.15) is 41.2 Å². The van der Waals surface area contributed by atoms with Crippen molar-refractivity contribution >= 4 is 23.1 Å². The highest BCUT2D eigenvalue weighted by molar-refractivity contribution is 6.30. The topological polar surface area (TPSA) is 69.5 Å². The summed E-state index contributed by atoms with van der Waals surface area (Å²) in [5, 5.41) is 5.13. The minimum Gasteiger partial charge on any atom is -0.369 e. The number of H-pyrrole nitrogens is 1. The molecule has 7 nitrogen and oxygen atoms in total. The maximum atomic E-state index is 13.3. The molecular weight excluding hydrogens is 505 g/mol. The van der Waals surface area contributed by atoms with Crippen molar-refractivity contribution in [2.24, 2.45) is 0 Å². The molecule has 0 spiro atoms. The van der Waals surface area contributed by atoms with E-state index in [0.29, 0.717) is 60.5 Å². The largest absolute Gasteiger partial charge is 0.416 e. The second-order valence-corrected chi connectivity index (χ2v) is 9.73. The smallest absolute Gasteiger partial charge is 0.369 e. The predicted octanol–water partition coefficient (Wildman–Crippen LogP) is 4.87. The van der Waals surface area contributed by atoms with Gasteiger partial charge in [-0.1, -0.05) is 29.8 Å². The molecule has 1 atom stereocenters. The molecule has 194 valence electrons. The first-order valence-corrected chi connectivity index (χ1v) is 12.4. The summed E-state index contributed by atoms with van der Waals surface area (Å²) < 4.78 is 40.6. The molecule has 1 N–H and O–H groups in total. The van der Waals surface area contributed by atoms with Crippen LogP contribution in [0.15, 0.2) is 53.3 Å². The maximum Gasteiger partial charge on any atom is 0.416 e. The van der Waals surface area contributed by atoms with E-state index in [-0.39, 0.29) is 11.6 Å². The number of aromatic amines is 1. The number of aryl methyl sites for hydroxylation is 1. The van der Waals surface area contributed by atoms with Crippen LogP contribution in [0.2, 0.25) is 5.02 Å². The second-order valence-electron chi connectivity index (χ2n) is 9.29. The number of rotatable bonds is 5. The van der Waals surface area contributed by atoms with Gasteiger partial charge in [0.05, 0.1) is 11.6 Å². The van der Waals surface area contributed by atoms with Crippen molar-refractivity contribution in [2.75, 3.05) is 31.1 Å². The van der Waals surface area contributed by atoms with Gasteiger partial charge < -0.3 is 9.88 Å². The van der Waals surface area contributed by atoms with E-state index < -0.39 is 11.7 Å². The molecule has 1 aliphatic rings. The van der Waals surface area contributed by atoms with Gasteiger partial charge in [0.15, 0.2) is 5.82 Å². The third-order valence-corrected chi connectivity index (χ3v) is 7.11. The zero-order valence-corrected chi connectivity index (χ0v) is 21.1. The molecule has 0 amide bonds. The molecule has 1 saturated heterocycles. The lowest BCUT2D eigenvalue weighted by atomic mass is 10.1. The maximum absolute atomic E-state index is 13.3. The number of piperazine rings is 1. The summed E-state index contributed by atoms with van der Waals surface area (Å²) in [7, 11) is 0. The number of benzene rings is 2. The van der Waals surface area contributed by atoms with Crippen molar-refractivity contribution in [3.05, 3.63) is 92.1 Å². The first-order valence-electron chi connectivity index (χ1n) is 12.0. The van der Waals surface area contributed by atoms with Gasteiger partial charge in [0.1, 0.15) is 0 Å². The highest BCUT2D eigenvalue weighted by Gasteiger charge is 2.31. The van der Waals surface area contributed by atoms with Crippen molar-refractivity contribution in [1.82, 2.24) is 24.5 Å². The van der Waals surface area contributed by atoms with Crippen LogP contribution in [-0.4, -0.2) is 50.7 Å². The molecule has 37 heavy (non-hydrogen) atoms. The van der Waals surface area contributed by atoms with Crippen LogP contribution in [0.4, 0.5) is 18.9 Å². The van der Waals surface area contributed by atoms with Gasteiger partial charge in [0.25, 0.3) is 5.56 Å². The summed E-state index contributed by atoms with van der Waals surface area (Å²) in [5.74, 6) is 0.891. The molecule has 4 aromatic rings. The minimum atomic E-state index is -4.37. The molecule has 0 aliphatic carbocycles. The van der Waals surface area contributed by atoms with Crippen LogP contribution < -0.4 is 10.5 Å². The van der Waals surface area contributed by atoms with Gasteiger partial charge in [-0.2, -0.15) is 22.7 Å². The number of anilines is 1. The lowest BCUT2D eigenvalue weighted by Gasteiger charge is -2.38. The first kappa shape index (κ1) is 25.3. The Hall–Kier alpha value is -3.37. The van der Waals surface area contributed by atoms with E-state index in [1.807, 2.05) is 36.9 Å². The normalized spacial score (nSPS) is 15.9. The first-order chi connectivity index (χ1) is 17.6. The van der Waals surface area contributed by atoms with Crippen LogP contribution in [0.3, 0.4) is 0 Å². The molecule has 3 heterocycles. The van der Waals surface area contributed by atoms with E-state index in [2.05, 4.69) is 20.0 Å². The van der Waals surface area contributed by atoms with Gasteiger partial charge in [-0.3, -0.25) is 9.69 Å². The van der Waals surface area contributed by atoms with E-state index in [4.69, 9.17) is 11.6 Å². The number of fused-ring (bicyclic) bond motifs is 1. The fourth-order valence-electron chi connectivity index (χ4n) is 4.73. The Morgan fingerprint density at radius 3 is 2.51 bits per heavy atom. The molecule has 2 aromatic heterocycles. The van der Waals surface area contributed by atoms with Gasteiger partial charge >= 0.3 is 6.18 Å². The number of hydrogen-bond acceptors (Lipinski definition) is 5. The second kappa shape index (κ2) is 9.83. The van der Waals surface area contributed by atoms with Crippen molar-refractivity contribution in [3.63, 3.8) is 0 Å². The Bertz CT molecular complexity index is 1490. The molecule has 1 aliphatic heterocycles. The van der Waals surface area contributed by atoms with Crippen LogP contribution in [0, 0.1) is 6.92 Å². The van der Waals surface area contributed by atoms with Crippen LogP contribution in [0.5, 0.6) is 0 Å². The summed E-state index contributed by atoms with van der Waals surface area (Å²) in [5.41, 5.74) is 1.91. The Kier molecular flexibility index (Phi) is 6.72. The number of alkyl halides is 3. The van der Waals surface area contributed by atoms with E-state index in [1.165, 1.54) is 16.6 Å². The standard InChI is InChI=1S/C26H26ClF3N6O/c1-16-22(14-18-5-3-7-20(27)13-18)24(37)36-25(31-16)32-23(33-36)17(2)34-9-11-35(12-10-34)21-8-4-6-19(15-21)26(28,29)30/h3-8,13,15,17H,9-12,14H2,1-2H3,(H,31,32,33). The quantitative estimate of drug-likeness (QED) is 0.398. The average molecular weight is 531 g/mol. The predicted molar refractivity (Wildman–Crippen MR) is 136 cm³/mol. The summed E-state index contributed by atoms with van der Waals surface area (Å²) in [6, 6.07) is 12.6. The van der Waals surface area contributed by atoms with E-state index >= 15 is 0 Å². The Balaban J connectivity index is 1.32. The zero-order chi connectivity index (χ0) is 26.3. The fourth-order valence-corrected chi connectivity index (χ4v) is 4.94. The molecule has 0 radical (unpaired) electrons. The number of nitrogens with zero attached hydrogens (tertiary/aromatic N) is 5. The molecule has 5 rings (SSSR count). The molecule has 0 saturated carbocycles. The van der Waals surface area contributed by atoms with Gasteiger partial charge in [-0.25, -0.2) is 0 Å². The Labute approximate surface area is 216 Å². The number of nitrogens with one attached hydrogen (secondary N) is 1. The highest BCUT2D eigenvalue weighted by atomic mass is 35.5. The lowest BCUT2D eigenvalue weighted by molar-refractivity contribution is -0.137. The number of aromatic nitrogens is 4. The van der Waals surface area contributed by atoms with Gasteiger partial charge in [0, 0.05) is 54.6 Å². The molecule has 2 aromatic carbocycles. The molecule has 0 bridgehead atoms. The third kappa shape index (κ3) is 5.21. The zero-order valence-electron chi connectivity index (χ0n) is 20.4. The molecule has 1 unspecified atom stereocenters. The van der Waals surface area contributed by atoms with Gasteiger partial charge in [-0.15, -0.1) is 5.10 Å². The SMILES string of the molecule is Cc1[nH]c2nc(C(C)N3CCN(c4cccc(C(F)(F)F)c4)CC3)nn2c(=O)c1Cc1cccc(Cl)c1. The molecule has 1 fully saturated rings. The Morgan fingerprint density at radius 1 is 1.08 bits per heavy atom. The van der Waals surface area contributed by atoms with E-state index in [9.17, 15) is 18.0 Å². The summed E-state index contributed by atoms with van der Waals surface area (Å²) in [6.45, 7) is 6.20. The monoisotopic (exact) mass is 530 g/mol. The fraction of sp³-hybridized carbons (Fsp3) is 0.346. The average Bonchev–Trinajstić information content (AvgIpc) is 3.30. The van der Waals surface area contributed by atoms with Crippen molar-refractivity contribution in [1.29, 1.82) is 0 Å². The van der Waals surface area contributed by atoms with Crippen LogP contribution in [-0.2, 0) is 12.6 Å². The van der Waals surface area contributed by atoms with Gasteiger partial charge in [-0.05, 0) is 49.7 Å². The van der Waals surface area contributed by atoms with Crippen molar-refractivity contribution < 1.29 is 13.2 Å². The van der Waals surface area contributed by atoms with E-state index in [1.54, 1.807) is 12.1 Å². The van der Waals surface area contributed by atoms with Crippen LogP contribution >= 0.6 is 11.6 Å². The number of hydrogen-bond donors (Lipinski definition) is 1. The summed E-state index contributed by atoms with van der Waals surface area (Å²) in [4.78, 5) is 25.2. The van der Waals surface area contributed by atoms with Crippen molar-refractivity contribution in [2.45, 2.75) is 32.5 Å². The number of halogens is 4. The highest BCUT2D eigenvalue weighted by Crippen LogP contribution is 2.32. The lowest BCUT2D eigenvalue weighted by Crippen LogP contribution is -2.47. The third-order valence-electron chi connectivity index (χ3n) is 6.87. The van der Waals surface area contributed by atoms with E-state index in [0.717, 1.165) is 17.3 Å². The Morgan fingerprint density at radius 2 is 1.81 bits per heavy atom. The summed E-state index contributed by atoms with van der Waals surface area (Å²) in [6.07, 6.45) is -3.95.